The van der Waals surface area contributed by atoms with Crippen LogP contribution < -0.4 is 16.5 Å². The van der Waals surface area contributed by atoms with Crippen molar-refractivity contribution in [2.45, 2.75) is 0 Å². The van der Waals surface area contributed by atoms with Crippen LogP contribution in [-0.2, 0) is 0 Å². The Kier molecular flexibility index (Phi) is 2.76. The fraction of sp³-hybridized carbons (Fsp3) is 0.250. The largest absolute Gasteiger partial charge is 0.403 e. The van der Waals surface area contributed by atoms with Crippen molar-refractivity contribution < 1.29 is 4.99 Å². The summed E-state index contributed by atoms with van der Waals surface area (Å²) in [6.07, 6.45) is 2.94. The monoisotopic (exact) mass is 100 g/mol. The van der Waals surface area contributed by atoms with Gasteiger partial charge in [-0.1, -0.05) is 0 Å². The van der Waals surface area contributed by atoms with E-state index in [1.807, 2.05) is 0 Å². The second kappa shape index (κ2) is 3.21. The quantitative estimate of drug-likeness (QED) is 0.320. The molecule has 0 aliphatic heterocycles. The van der Waals surface area contributed by atoms with Gasteiger partial charge in [0.05, 0.1) is 0 Å². The van der Waals surface area contributed by atoms with Gasteiger partial charge in [-0.05, 0) is 0 Å². The van der Waals surface area contributed by atoms with E-state index in [-0.39, 0.29) is 0 Å². The average molecular weight is 100 g/mol. The first-order valence-corrected chi connectivity index (χ1v) is 1.99. The molecule has 0 aromatic heterocycles. The molecule has 0 aromatic carbocycles. The molecule has 3 heteroatoms. The van der Waals surface area contributed by atoms with Gasteiger partial charge >= 0.3 is 0 Å². The van der Waals surface area contributed by atoms with E-state index in [0.717, 1.165) is 0 Å². The number of nitrogens with two attached hydrogens (primary N) is 2. The second-order valence-electron chi connectivity index (χ2n) is 1.10. The fourth-order valence-electron chi connectivity index (χ4n) is 0.215. The molecule has 3 nitrogen and oxygen atoms in total. The lowest BCUT2D eigenvalue weighted by Gasteiger charge is -1.77. The molecular weight excluding hydrogens is 90.1 g/mol. The molecule has 0 fully saturated rings. The van der Waals surface area contributed by atoms with Crippen molar-refractivity contribution in [3.05, 3.63) is 11.9 Å². The standard InChI is InChI=1S/C4H9N3/c1-7-3-4(6)2-5/h2-3H,5-6H2,1H3/p+1. The third-order valence-electron chi connectivity index (χ3n) is 0.503. The molecule has 0 amide bonds. The molecule has 0 aliphatic carbocycles. The van der Waals surface area contributed by atoms with Crippen LogP contribution in [-0.4, -0.2) is 13.3 Å². The molecule has 0 spiro atoms. The molecule has 0 rings (SSSR count). The number of rotatable bonds is 1. The van der Waals surface area contributed by atoms with Crippen molar-refractivity contribution >= 4 is 6.21 Å². The van der Waals surface area contributed by atoms with Crippen LogP contribution >= 0.6 is 0 Å². The molecule has 0 heterocycles. The van der Waals surface area contributed by atoms with Crippen LogP contribution in [0, 0.1) is 0 Å². The summed E-state index contributed by atoms with van der Waals surface area (Å²) in [4.78, 5) is 2.72. The molecule has 0 saturated heterocycles. The van der Waals surface area contributed by atoms with E-state index in [4.69, 9.17) is 11.5 Å². The molecule has 7 heavy (non-hydrogen) atoms. The van der Waals surface area contributed by atoms with Gasteiger partial charge in [0.1, 0.15) is 12.7 Å². The summed E-state index contributed by atoms with van der Waals surface area (Å²) in [7, 11) is 1.76. The van der Waals surface area contributed by atoms with Crippen molar-refractivity contribution in [3.63, 3.8) is 0 Å². The minimum atomic E-state index is 0.544. The van der Waals surface area contributed by atoms with E-state index in [0.29, 0.717) is 5.70 Å². The van der Waals surface area contributed by atoms with Crippen LogP contribution in [0.25, 0.3) is 0 Å². The number of hydrogen-bond acceptors (Lipinski definition) is 2. The average Bonchev–Trinajstić information content (AvgIpc) is 1.68. The Morgan fingerprint density at radius 2 is 2.29 bits per heavy atom. The van der Waals surface area contributed by atoms with E-state index >= 15 is 0 Å². The highest BCUT2D eigenvalue weighted by Gasteiger charge is 1.78. The highest BCUT2D eigenvalue weighted by molar-refractivity contribution is 5.71. The Morgan fingerprint density at radius 3 is 2.43 bits per heavy atom. The molecule has 0 unspecified atom stereocenters. The lowest BCUT2D eigenvalue weighted by Crippen LogP contribution is -2.63. The van der Waals surface area contributed by atoms with Crippen molar-refractivity contribution in [2.24, 2.45) is 11.5 Å². The van der Waals surface area contributed by atoms with E-state index in [9.17, 15) is 0 Å². The Balaban J connectivity index is 3.58. The topological polar surface area (TPSA) is 66.0 Å². The zero-order chi connectivity index (χ0) is 5.70. The predicted octanol–water partition coefficient (Wildman–Crippen LogP) is -2.47. The fourth-order valence-corrected chi connectivity index (χ4v) is 0.215. The summed E-state index contributed by atoms with van der Waals surface area (Å²) < 4.78 is 0. The van der Waals surface area contributed by atoms with Gasteiger partial charge in [-0.3, -0.25) is 0 Å². The maximum atomic E-state index is 5.20. The van der Waals surface area contributed by atoms with Crippen LogP contribution in [0.2, 0.25) is 0 Å². The van der Waals surface area contributed by atoms with Crippen LogP contribution in [0.15, 0.2) is 11.9 Å². The van der Waals surface area contributed by atoms with Crippen LogP contribution in [0.1, 0.15) is 0 Å². The van der Waals surface area contributed by atoms with E-state index in [2.05, 4.69) is 4.99 Å². The Bertz CT molecular complexity index is 93.1. The van der Waals surface area contributed by atoms with Gasteiger partial charge in [0, 0.05) is 6.20 Å². The van der Waals surface area contributed by atoms with Gasteiger partial charge in [-0.25, -0.2) is 4.99 Å². The molecular formula is C4H10N3+. The van der Waals surface area contributed by atoms with Crippen molar-refractivity contribution in [1.29, 1.82) is 0 Å². The normalized spacial score (nSPS) is 13.0. The predicted molar refractivity (Wildman–Crippen MR) is 29.4 cm³/mol. The summed E-state index contributed by atoms with van der Waals surface area (Å²) in [5, 5.41) is 0. The van der Waals surface area contributed by atoms with Crippen LogP contribution in [0.4, 0.5) is 0 Å². The smallest absolute Gasteiger partial charge is 0.186 e. The van der Waals surface area contributed by atoms with Crippen LogP contribution in [0.3, 0.4) is 0 Å². The van der Waals surface area contributed by atoms with E-state index in [1.165, 1.54) is 6.20 Å². The summed E-state index contributed by atoms with van der Waals surface area (Å²) in [6.45, 7) is 0. The first-order valence-electron chi connectivity index (χ1n) is 1.99. The zero-order valence-corrected chi connectivity index (χ0v) is 4.31. The third kappa shape index (κ3) is 2.82. The number of nitrogens with one attached hydrogen (secondary N) is 1. The SMILES string of the molecule is C[NH+]=CC(N)=CN. The van der Waals surface area contributed by atoms with Gasteiger partial charge in [0.2, 0.25) is 0 Å². The number of hydrogen-bond donors (Lipinski definition) is 3. The van der Waals surface area contributed by atoms with Gasteiger partial charge < -0.3 is 11.5 Å². The highest BCUT2D eigenvalue weighted by atomic mass is 14.7. The molecule has 0 aliphatic rings. The Labute approximate surface area is 42.7 Å². The summed E-state index contributed by atoms with van der Waals surface area (Å²) in [5.41, 5.74) is 10.7. The lowest BCUT2D eigenvalue weighted by molar-refractivity contribution is -0.413. The molecule has 0 radical (unpaired) electrons. The van der Waals surface area contributed by atoms with Gasteiger partial charge in [0.15, 0.2) is 6.21 Å². The maximum absolute atomic E-state index is 5.20. The van der Waals surface area contributed by atoms with Gasteiger partial charge in [0.25, 0.3) is 0 Å². The molecule has 0 saturated carbocycles. The van der Waals surface area contributed by atoms with Gasteiger partial charge in [-0.2, -0.15) is 0 Å². The van der Waals surface area contributed by atoms with Crippen molar-refractivity contribution in [2.75, 3.05) is 7.05 Å². The van der Waals surface area contributed by atoms with E-state index in [1.54, 1.807) is 13.3 Å². The maximum Gasteiger partial charge on any atom is 0.186 e. The summed E-state index contributed by atoms with van der Waals surface area (Å²) in [5.74, 6) is 0. The Morgan fingerprint density at radius 1 is 1.71 bits per heavy atom. The minimum absolute atomic E-state index is 0.544. The van der Waals surface area contributed by atoms with Crippen LogP contribution in [0.5, 0.6) is 0 Å². The number of allylic oxidation sites excluding steroid dienone is 1. The molecule has 0 aromatic rings. The Hall–Kier alpha value is -0.990. The third-order valence-corrected chi connectivity index (χ3v) is 0.503. The zero-order valence-electron chi connectivity index (χ0n) is 4.31. The van der Waals surface area contributed by atoms with Gasteiger partial charge in [-0.15, -0.1) is 0 Å². The highest BCUT2D eigenvalue weighted by Crippen LogP contribution is 1.60. The first-order chi connectivity index (χ1) is 3.31. The van der Waals surface area contributed by atoms with Crippen molar-refractivity contribution in [1.82, 2.24) is 0 Å². The van der Waals surface area contributed by atoms with E-state index < -0.39 is 0 Å². The lowest BCUT2D eigenvalue weighted by atomic mass is 10.5. The molecule has 0 bridgehead atoms. The molecule has 0 atom stereocenters. The molecule has 5 N–H and O–H groups in total. The van der Waals surface area contributed by atoms with Crippen molar-refractivity contribution in [3.8, 4) is 0 Å². The summed E-state index contributed by atoms with van der Waals surface area (Å²) >= 11 is 0. The molecule has 40 valence electrons. The first kappa shape index (κ1) is 6.01. The second-order valence-corrected chi connectivity index (χ2v) is 1.10. The summed E-state index contributed by atoms with van der Waals surface area (Å²) in [6, 6.07) is 0. The minimum Gasteiger partial charge on any atom is -0.403 e.